The van der Waals surface area contributed by atoms with Crippen LogP contribution in [-0.4, -0.2) is 54.5 Å². The molecule has 9 nitrogen and oxygen atoms in total. The van der Waals surface area contributed by atoms with Crippen molar-refractivity contribution in [3.63, 3.8) is 0 Å². The van der Waals surface area contributed by atoms with Crippen LogP contribution in [-0.2, 0) is 14.8 Å². The van der Waals surface area contributed by atoms with Crippen molar-refractivity contribution in [2.75, 3.05) is 19.8 Å². The Morgan fingerprint density at radius 3 is 2.52 bits per heavy atom. The Morgan fingerprint density at radius 1 is 1.37 bits per heavy atom. The number of carbonyl (C=O) groups excluding carboxylic acids is 1. The van der Waals surface area contributed by atoms with Crippen LogP contribution in [0.2, 0.25) is 0 Å². The third-order valence-corrected chi connectivity index (χ3v) is 6.63. The monoisotopic (exact) mass is 400 g/mol. The standard InChI is InChI=1S/C17H24N2O7S/c1-3-26-17(21)15-10-14(11-16(12(15)2)19(22)23)27(24,25)18(8-9-20)13-6-4-5-7-13/h10-11,13,20H,3-9H2,1-2H3. The van der Waals surface area contributed by atoms with Crippen LogP contribution >= 0.6 is 0 Å². The molecule has 1 N–H and O–H groups in total. The number of carbonyl (C=O) groups is 1. The molecule has 1 aromatic carbocycles. The molecule has 0 amide bonds. The molecule has 10 heteroatoms. The lowest BCUT2D eigenvalue weighted by atomic mass is 10.1. The second-order valence-electron chi connectivity index (χ2n) is 6.37. The average Bonchev–Trinajstić information content (AvgIpc) is 3.13. The first kappa shape index (κ1) is 21.3. The fraction of sp³-hybridized carbons (Fsp3) is 0.588. The number of hydrogen-bond donors (Lipinski definition) is 1. The van der Waals surface area contributed by atoms with Gasteiger partial charge in [0, 0.05) is 24.2 Å². The Kier molecular flexibility index (Phi) is 6.90. The highest BCUT2D eigenvalue weighted by molar-refractivity contribution is 7.89. The molecule has 0 bridgehead atoms. The van der Waals surface area contributed by atoms with Crippen molar-refractivity contribution in [1.82, 2.24) is 4.31 Å². The molecule has 1 aliphatic rings. The van der Waals surface area contributed by atoms with Crippen molar-refractivity contribution in [3.8, 4) is 0 Å². The summed E-state index contributed by atoms with van der Waals surface area (Å²) in [5.41, 5.74) is -0.568. The van der Waals surface area contributed by atoms with Crippen LogP contribution in [0.3, 0.4) is 0 Å². The molecule has 1 aromatic rings. The largest absolute Gasteiger partial charge is 0.462 e. The van der Waals surface area contributed by atoms with Gasteiger partial charge in [-0.2, -0.15) is 4.31 Å². The topological polar surface area (TPSA) is 127 Å². The molecular weight excluding hydrogens is 376 g/mol. The predicted molar refractivity (Wildman–Crippen MR) is 97.0 cm³/mol. The van der Waals surface area contributed by atoms with E-state index in [1.165, 1.54) is 11.2 Å². The van der Waals surface area contributed by atoms with Gasteiger partial charge in [-0.15, -0.1) is 0 Å². The summed E-state index contributed by atoms with van der Waals surface area (Å²) in [6, 6.07) is 1.82. The van der Waals surface area contributed by atoms with Gasteiger partial charge in [0.25, 0.3) is 5.69 Å². The number of ether oxygens (including phenoxy) is 1. The highest BCUT2D eigenvalue weighted by atomic mass is 32.2. The van der Waals surface area contributed by atoms with Crippen molar-refractivity contribution in [2.45, 2.75) is 50.5 Å². The predicted octanol–water partition coefficient (Wildman–Crippen LogP) is 2.01. The lowest BCUT2D eigenvalue weighted by molar-refractivity contribution is -0.385. The SMILES string of the molecule is CCOC(=O)c1cc(S(=O)(=O)N(CCO)C2CCCC2)cc([N+](=O)[O-])c1C. The smallest absolute Gasteiger partial charge is 0.338 e. The van der Waals surface area contributed by atoms with Crippen LogP contribution in [0.15, 0.2) is 17.0 Å². The molecule has 0 atom stereocenters. The van der Waals surface area contributed by atoms with E-state index in [0.29, 0.717) is 12.8 Å². The number of esters is 1. The van der Waals surface area contributed by atoms with Gasteiger partial charge in [-0.3, -0.25) is 10.1 Å². The van der Waals surface area contributed by atoms with Crippen LogP contribution in [0.25, 0.3) is 0 Å². The number of sulfonamides is 1. The second kappa shape index (κ2) is 8.77. The van der Waals surface area contributed by atoms with E-state index in [2.05, 4.69) is 0 Å². The molecule has 1 saturated carbocycles. The number of aliphatic hydroxyl groups is 1. The van der Waals surface area contributed by atoms with Gasteiger partial charge in [0.15, 0.2) is 0 Å². The van der Waals surface area contributed by atoms with Gasteiger partial charge >= 0.3 is 5.97 Å². The Bertz CT molecular complexity index is 817. The Morgan fingerprint density at radius 2 is 2.00 bits per heavy atom. The maximum atomic E-state index is 13.2. The summed E-state index contributed by atoms with van der Waals surface area (Å²) in [5, 5.41) is 20.7. The van der Waals surface area contributed by atoms with Gasteiger partial charge in [-0.25, -0.2) is 13.2 Å². The van der Waals surface area contributed by atoms with Gasteiger partial charge in [0.1, 0.15) is 0 Å². The normalized spacial score (nSPS) is 15.3. The van der Waals surface area contributed by atoms with Gasteiger partial charge in [0.05, 0.1) is 28.6 Å². The van der Waals surface area contributed by atoms with Crippen LogP contribution < -0.4 is 0 Å². The van der Waals surface area contributed by atoms with Crippen LogP contribution in [0, 0.1) is 17.0 Å². The van der Waals surface area contributed by atoms with Gasteiger partial charge < -0.3 is 9.84 Å². The second-order valence-corrected chi connectivity index (χ2v) is 8.26. The van der Waals surface area contributed by atoms with E-state index in [0.717, 1.165) is 25.0 Å². The van der Waals surface area contributed by atoms with E-state index < -0.39 is 26.6 Å². The summed E-state index contributed by atoms with van der Waals surface area (Å²) in [6.07, 6.45) is 3.09. The first-order valence-corrected chi connectivity index (χ1v) is 10.3. The Hall–Kier alpha value is -2.04. The van der Waals surface area contributed by atoms with Crippen molar-refractivity contribution >= 4 is 21.7 Å². The quantitative estimate of drug-likeness (QED) is 0.402. The first-order valence-electron chi connectivity index (χ1n) is 8.82. The van der Waals surface area contributed by atoms with E-state index in [9.17, 15) is 28.4 Å². The first-order chi connectivity index (χ1) is 12.7. The van der Waals surface area contributed by atoms with Gasteiger partial charge in [-0.1, -0.05) is 12.8 Å². The molecule has 0 aromatic heterocycles. The van der Waals surface area contributed by atoms with Crippen LogP contribution in [0.5, 0.6) is 0 Å². The van der Waals surface area contributed by atoms with E-state index >= 15 is 0 Å². The molecule has 0 saturated heterocycles. The number of rotatable bonds is 8. The minimum atomic E-state index is -4.13. The molecule has 1 aliphatic carbocycles. The summed E-state index contributed by atoms with van der Waals surface area (Å²) >= 11 is 0. The molecule has 0 spiro atoms. The number of nitro benzene ring substituents is 1. The summed E-state index contributed by atoms with van der Waals surface area (Å²) in [4.78, 5) is 22.5. The number of benzene rings is 1. The van der Waals surface area contributed by atoms with Crippen molar-refractivity contribution in [2.24, 2.45) is 0 Å². The van der Waals surface area contributed by atoms with Crippen LogP contribution in [0.4, 0.5) is 5.69 Å². The summed E-state index contributed by atoms with van der Waals surface area (Å²) in [7, 11) is -4.13. The molecule has 1 fully saturated rings. The number of aliphatic hydroxyl groups excluding tert-OH is 1. The molecule has 27 heavy (non-hydrogen) atoms. The fourth-order valence-corrected chi connectivity index (χ4v) is 5.08. The lowest BCUT2D eigenvalue weighted by Crippen LogP contribution is -2.40. The molecular formula is C17H24N2O7S. The lowest BCUT2D eigenvalue weighted by Gasteiger charge is -2.27. The zero-order valence-corrected chi connectivity index (χ0v) is 16.2. The summed E-state index contributed by atoms with van der Waals surface area (Å²) < 4.78 is 32.4. The molecule has 0 radical (unpaired) electrons. The molecule has 0 unspecified atom stereocenters. The van der Waals surface area contributed by atoms with E-state index in [4.69, 9.17) is 4.74 Å². The van der Waals surface area contributed by atoms with Gasteiger partial charge in [0.2, 0.25) is 10.0 Å². The van der Waals surface area contributed by atoms with E-state index in [-0.39, 0.29) is 41.8 Å². The van der Waals surface area contributed by atoms with Crippen molar-refractivity contribution < 1.29 is 28.0 Å². The fourth-order valence-electron chi connectivity index (χ4n) is 3.36. The Balaban J connectivity index is 2.60. The summed E-state index contributed by atoms with van der Waals surface area (Å²) in [5.74, 6) is -0.815. The van der Waals surface area contributed by atoms with Crippen molar-refractivity contribution in [3.05, 3.63) is 33.4 Å². The minimum absolute atomic E-state index is 0.0481. The van der Waals surface area contributed by atoms with E-state index in [1.54, 1.807) is 6.92 Å². The Labute approximate surface area is 158 Å². The number of nitro groups is 1. The zero-order chi connectivity index (χ0) is 20.2. The third-order valence-electron chi connectivity index (χ3n) is 4.70. The highest BCUT2D eigenvalue weighted by Gasteiger charge is 2.35. The molecule has 150 valence electrons. The highest BCUT2D eigenvalue weighted by Crippen LogP contribution is 2.32. The average molecular weight is 400 g/mol. The molecule has 0 heterocycles. The minimum Gasteiger partial charge on any atom is -0.462 e. The maximum absolute atomic E-state index is 13.2. The maximum Gasteiger partial charge on any atom is 0.338 e. The number of nitrogens with zero attached hydrogens (tertiary/aromatic N) is 2. The van der Waals surface area contributed by atoms with Crippen LogP contribution in [0.1, 0.15) is 48.5 Å². The number of hydrogen-bond acceptors (Lipinski definition) is 7. The third kappa shape index (κ3) is 4.45. The van der Waals surface area contributed by atoms with Gasteiger partial charge in [-0.05, 0) is 32.8 Å². The zero-order valence-electron chi connectivity index (χ0n) is 15.4. The molecule has 0 aliphatic heterocycles. The van der Waals surface area contributed by atoms with E-state index in [1.807, 2.05) is 0 Å². The van der Waals surface area contributed by atoms with Crippen molar-refractivity contribution in [1.29, 1.82) is 0 Å². The summed E-state index contributed by atoms with van der Waals surface area (Å²) in [6.45, 7) is 2.55. The molecule has 2 rings (SSSR count).